The van der Waals surface area contributed by atoms with Crippen molar-refractivity contribution in [2.75, 3.05) is 6.54 Å². The minimum Gasteiger partial charge on any atom is -0.480 e. The molecule has 5 nitrogen and oxygen atoms in total. The molecule has 110 valence electrons. The molecule has 1 fully saturated rings. The number of carboxylic acids is 1. The summed E-state index contributed by atoms with van der Waals surface area (Å²) in [6.45, 7) is 2.68. The molecule has 1 saturated carbocycles. The molecule has 0 aromatic heterocycles. The summed E-state index contributed by atoms with van der Waals surface area (Å²) < 4.78 is 0. The maximum Gasteiger partial charge on any atom is 0.329 e. The van der Waals surface area contributed by atoms with Gasteiger partial charge in [-0.3, -0.25) is 4.79 Å². The van der Waals surface area contributed by atoms with Crippen LogP contribution >= 0.6 is 0 Å². The summed E-state index contributed by atoms with van der Waals surface area (Å²) in [5, 5.41) is 12.2. The fourth-order valence-electron chi connectivity index (χ4n) is 2.85. The van der Waals surface area contributed by atoms with Gasteiger partial charge in [-0.2, -0.15) is 0 Å². The van der Waals surface area contributed by atoms with Crippen LogP contribution in [0.1, 0.15) is 58.3 Å². The van der Waals surface area contributed by atoms with Gasteiger partial charge >= 0.3 is 5.97 Å². The zero-order valence-corrected chi connectivity index (χ0v) is 11.8. The monoisotopic (exact) mass is 270 g/mol. The molecule has 0 radical (unpaired) electrons. The van der Waals surface area contributed by atoms with E-state index < -0.39 is 11.5 Å². The van der Waals surface area contributed by atoms with E-state index in [0.717, 1.165) is 32.1 Å². The predicted octanol–water partition coefficient (Wildman–Crippen LogP) is 1.66. The topological polar surface area (TPSA) is 92.4 Å². The van der Waals surface area contributed by atoms with E-state index in [-0.39, 0.29) is 5.91 Å². The van der Waals surface area contributed by atoms with Gasteiger partial charge in [-0.05, 0) is 38.1 Å². The first kappa shape index (κ1) is 16.0. The van der Waals surface area contributed by atoms with E-state index in [0.29, 0.717) is 31.7 Å². The van der Waals surface area contributed by atoms with Crippen LogP contribution in [0.15, 0.2) is 0 Å². The van der Waals surface area contributed by atoms with Crippen molar-refractivity contribution in [2.24, 2.45) is 11.7 Å². The van der Waals surface area contributed by atoms with Gasteiger partial charge in [0.1, 0.15) is 5.54 Å². The van der Waals surface area contributed by atoms with Gasteiger partial charge in [-0.1, -0.05) is 26.2 Å². The normalized spacial score (nSPS) is 26.9. The van der Waals surface area contributed by atoms with Gasteiger partial charge in [0.05, 0.1) is 0 Å². The Morgan fingerprint density at radius 1 is 1.37 bits per heavy atom. The Balaban J connectivity index is 2.49. The number of unbranched alkanes of at least 4 members (excludes halogenated alkanes) is 2. The Labute approximate surface area is 114 Å². The lowest BCUT2D eigenvalue weighted by atomic mass is 9.76. The van der Waals surface area contributed by atoms with E-state index in [2.05, 4.69) is 5.32 Å². The number of hydrogen-bond donors (Lipinski definition) is 3. The number of carboxylic acid groups (broad SMARTS) is 1. The van der Waals surface area contributed by atoms with Crippen LogP contribution in [0.3, 0.4) is 0 Å². The van der Waals surface area contributed by atoms with Gasteiger partial charge in [-0.15, -0.1) is 0 Å². The summed E-state index contributed by atoms with van der Waals surface area (Å²) in [5.74, 6) is -0.690. The average molecular weight is 270 g/mol. The van der Waals surface area contributed by atoms with Gasteiger partial charge in [-0.25, -0.2) is 4.79 Å². The van der Waals surface area contributed by atoms with Crippen LogP contribution in [0.25, 0.3) is 0 Å². The van der Waals surface area contributed by atoms with Crippen molar-refractivity contribution < 1.29 is 14.7 Å². The number of rotatable bonds is 7. The minimum atomic E-state index is -1.04. The Morgan fingerprint density at radius 3 is 2.68 bits per heavy atom. The van der Waals surface area contributed by atoms with Crippen molar-refractivity contribution in [3.05, 3.63) is 0 Å². The quantitative estimate of drug-likeness (QED) is 0.613. The number of carbonyl (C=O) groups excluding carboxylic acids is 1. The molecule has 0 aromatic rings. The van der Waals surface area contributed by atoms with Crippen LogP contribution in [-0.2, 0) is 9.59 Å². The molecule has 0 heterocycles. The van der Waals surface area contributed by atoms with E-state index in [1.165, 1.54) is 0 Å². The second kappa shape index (κ2) is 7.48. The van der Waals surface area contributed by atoms with Gasteiger partial charge < -0.3 is 16.2 Å². The van der Waals surface area contributed by atoms with E-state index in [9.17, 15) is 14.7 Å². The molecule has 1 rings (SSSR count). The molecular weight excluding hydrogens is 244 g/mol. The highest BCUT2D eigenvalue weighted by atomic mass is 16.4. The number of aliphatic carboxylic acids is 1. The maximum atomic E-state index is 11.9. The first-order valence-corrected chi connectivity index (χ1v) is 7.24. The largest absolute Gasteiger partial charge is 0.480 e. The molecule has 1 aliphatic rings. The first-order chi connectivity index (χ1) is 9.00. The lowest BCUT2D eigenvalue weighted by molar-refractivity contribution is -0.150. The number of amides is 1. The summed E-state index contributed by atoms with van der Waals surface area (Å²) in [6, 6.07) is 0. The van der Waals surface area contributed by atoms with Gasteiger partial charge in [0.2, 0.25) is 5.91 Å². The molecule has 0 aliphatic heterocycles. The lowest BCUT2D eigenvalue weighted by Gasteiger charge is -2.37. The van der Waals surface area contributed by atoms with Gasteiger partial charge in [0.25, 0.3) is 0 Å². The Morgan fingerprint density at radius 2 is 2.11 bits per heavy atom. The fraction of sp³-hybridized carbons (Fsp3) is 0.857. The first-order valence-electron chi connectivity index (χ1n) is 7.24. The molecule has 0 saturated heterocycles. The number of nitrogens with two attached hydrogens (primary N) is 1. The van der Waals surface area contributed by atoms with Crippen LogP contribution in [0.4, 0.5) is 0 Å². The number of carbonyl (C=O) groups is 2. The minimum absolute atomic E-state index is 0.145. The number of hydrogen-bond acceptors (Lipinski definition) is 3. The third-order valence-electron chi connectivity index (χ3n) is 3.89. The molecule has 4 N–H and O–H groups in total. The summed E-state index contributed by atoms with van der Waals surface area (Å²) in [6.07, 6.45) is 5.98. The van der Waals surface area contributed by atoms with Gasteiger partial charge in [0.15, 0.2) is 0 Å². The molecule has 5 heteroatoms. The van der Waals surface area contributed by atoms with Crippen LogP contribution in [0.5, 0.6) is 0 Å². The lowest BCUT2D eigenvalue weighted by Crippen LogP contribution is -2.56. The third-order valence-corrected chi connectivity index (χ3v) is 3.89. The van der Waals surface area contributed by atoms with E-state index >= 15 is 0 Å². The zero-order chi connectivity index (χ0) is 14.3. The zero-order valence-electron chi connectivity index (χ0n) is 11.8. The SMILES string of the molecule is CC1CCCC(NC(=O)CCCCCN)(C(=O)O)C1. The van der Waals surface area contributed by atoms with Crippen LogP contribution in [0, 0.1) is 5.92 Å². The molecule has 19 heavy (non-hydrogen) atoms. The number of nitrogens with one attached hydrogen (secondary N) is 1. The van der Waals surface area contributed by atoms with Crippen LogP contribution in [0.2, 0.25) is 0 Å². The third kappa shape index (κ3) is 4.82. The standard InChI is InChI=1S/C14H26N2O3/c1-11-6-5-8-14(10-11,13(18)19)16-12(17)7-3-2-4-9-15/h11H,2-10,15H2,1H3,(H,16,17)(H,18,19). The van der Waals surface area contributed by atoms with Crippen LogP contribution in [-0.4, -0.2) is 29.1 Å². The van der Waals surface area contributed by atoms with Crippen molar-refractivity contribution in [3.63, 3.8) is 0 Å². The van der Waals surface area contributed by atoms with Crippen molar-refractivity contribution >= 4 is 11.9 Å². The molecule has 1 aliphatic carbocycles. The fourth-order valence-corrected chi connectivity index (χ4v) is 2.85. The molecule has 2 unspecified atom stereocenters. The van der Waals surface area contributed by atoms with E-state index in [4.69, 9.17) is 5.73 Å². The Kier molecular flexibility index (Phi) is 6.28. The van der Waals surface area contributed by atoms with Crippen molar-refractivity contribution in [1.82, 2.24) is 5.32 Å². The molecule has 1 amide bonds. The summed E-state index contributed by atoms with van der Waals surface area (Å²) >= 11 is 0. The Hall–Kier alpha value is -1.10. The second-order valence-corrected chi connectivity index (χ2v) is 5.74. The smallest absolute Gasteiger partial charge is 0.329 e. The highest BCUT2D eigenvalue weighted by Crippen LogP contribution is 2.32. The van der Waals surface area contributed by atoms with Crippen molar-refractivity contribution in [1.29, 1.82) is 0 Å². The average Bonchev–Trinajstić information content (AvgIpc) is 2.34. The van der Waals surface area contributed by atoms with E-state index in [1.807, 2.05) is 6.92 Å². The van der Waals surface area contributed by atoms with Crippen molar-refractivity contribution in [3.8, 4) is 0 Å². The maximum absolute atomic E-state index is 11.9. The molecule has 0 bridgehead atoms. The summed E-state index contributed by atoms with van der Waals surface area (Å²) in [4.78, 5) is 23.4. The highest BCUT2D eigenvalue weighted by Gasteiger charge is 2.42. The highest BCUT2D eigenvalue weighted by molar-refractivity contribution is 5.87. The predicted molar refractivity (Wildman–Crippen MR) is 73.7 cm³/mol. The molecule has 2 atom stereocenters. The molecule has 0 aromatic carbocycles. The van der Waals surface area contributed by atoms with E-state index in [1.54, 1.807) is 0 Å². The van der Waals surface area contributed by atoms with Crippen molar-refractivity contribution in [2.45, 2.75) is 63.8 Å². The molecule has 0 spiro atoms. The second-order valence-electron chi connectivity index (χ2n) is 5.74. The molecular formula is C14H26N2O3. The summed E-state index contributed by atoms with van der Waals surface area (Å²) in [7, 11) is 0. The van der Waals surface area contributed by atoms with Crippen LogP contribution < -0.4 is 11.1 Å². The Bertz CT molecular complexity index is 320. The summed E-state index contributed by atoms with van der Waals surface area (Å²) in [5.41, 5.74) is 4.35. The van der Waals surface area contributed by atoms with Gasteiger partial charge in [0, 0.05) is 6.42 Å².